The molecule has 0 saturated heterocycles. The van der Waals surface area contributed by atoms with Gasteiger partial charge in [0.2, 0.25) is 0 Å². The second-order valence-electron chi connectivity index (χ2n) is 4.67. The highest BCUT2D eigenvalue weighted by Crippen LogP contribution is 2.15. The molecular weight excluding hydrogens is 297 g/mol. The summed E-state index contributed by atoms with van der Waals surface area (Å²) in [5.74, 6) is -0.878. The number of halogens is 1. The lowest BCUT2D eigenvalue weighted by molar-refractivity contribution is 0.102. The van der Waals surface area contributed by atoms with Crippen LogP contribution in [0.15, 0.2) is 61.2 Å². The van der Waals surface area contributed by atoms with Gasteiger partial charge >= 0.3 is 6.03 Å². The van der Waals surface area contributed by atoms with E-state index in [1.807, 2.05) is 0 Å². The summed E-state index contributed by atoms with van der Waals surface area (Å²) in [4.78, 5) is 23.5. The second-order valence-corrected chi connectivity index (χ2v) is 4.67. The molecule has 0 unspecified atom stereocenters. The highest BCUT2D eigenvalue weighted by atomic mass is 19.1. The van der Waals surface area contributed by atoms with Gasteiger partial charge in [-0.15, -0.1) is 6.58 Å². The van der Waals surface area contributed by atoms with Crippen molar-refractivity contribution in [2.24, 2.45) is 0 Å². The quantitative estimate of drug-likeness (QED) is 0.741. The van der Waals surface area contributed by atoms with E-state index in [2.05, 4.69) is 22.5 Å². The molecule has 6 heteroatoms. The molecule has 0 atom stereocenters. The zero-order valence-electron chi connectivity index (χ0n) is 12.3. The summed E-state index contributed by atoms with van der Waals surface area (Å²) in [5.41, 5.74) is 1.35. The van der Waals surface area contributed by atoms with Gasteiger partial charge in [0.05, 0.1) is 0 Å². The van der Waals surface area contributed by atoms with Crippen molar-refractivity contribution in [3.8, 4) is 0 Å². The Labute approximate surface area is 133 Å². The van der Waals surface area contributed by atoms with E-state index in [0.717, 1.165) is 6.07 Å². The topological polar surface area (TPSA) is 70.2 Å². The van der Waals surface area contributed by atoms with E-state index < -0.39 is 11.7 Å². The third-order valence-corrected chi connectivity index (χ3v) is 2.89. The molecule has 0 spiro atoms. The average Bonchev–Trinajstić information content (AvgIpc) is 2.54. The number of carbonyl (C=O) groups excluding carboxylic acids is 2. The van der Waals surface area contributed by atoms with Gasteiger partial charge < -0.3 is 16.0 Å². The van der Waals surface area contributed by atoms with Crippen LogP contribution >= 0.6 is 0 Å². The second kappa shape index (κ2) is 7.74. The number of nitrogens with one attached hydrogen (secondary N) is 3. The zero-order chi connectivity index (χ0) is 16.7. The first kappa shape index (κ1) is 16.2. The fraction of sp³-hybridized carbons (Fsp3) is 0.0588. The Hall–Kier alpha value is -3.15. The summed E-state index contributed by atoms with van der Waals surface area (Å²) >= 11 is 0. The summed E-state index contributed by atoms with van der Waals surface area (Å²) in [7, 11) is 0. The van der Waals surface area contributed by atoms with E-state index in [-0.39, 0.29) is 11.6 Å². The smallest absolute Gasteiger partial charge is 0.319 e. The lowest BCUT2D eigenvalue weighted by Gasteiger charge is -2.08. The van der Waals surface area contributed by atoms with Gasteiger partial charge in [-0.2, -0.15) is 0 Å². The Balaban J connectivity index is 1.95. The monoisotopic (exact) mass is 313 g/mol. The largest absolute Gasteiger partial charge is 0.334 e. The third-order valence-electron chi connectivity index (χ3n) is 2.89. The van der Waals surface area contributed by atoms with Crippen LogP contribution in [0.5, 0.6) is 0 Å². The molecule has 0 saturated carbocycles. The van der Waals surface area contributed by atoms with Crippen LogP contribution in [-0.4, -0.2) is 18.5 Å². The van der Waals surface area contributed by atoms with E-state index in [1.54, 1.807) is 30.3 Å². The first-order valence-corrected chi connectivity index (χ1v) is 6.91. The third kappa shape index (κ3) is 4.96. The van der Waals surface area contributed by atoms with Crippen LogP contribution in [0.1, 0.15) is 10.4 Å². The van der Waals surface area contributed by atoms with Gasteiger partial charge in [0, 0.05) is 23.5 Å². The Bertz CT molecular complexity index is 714. The lowest BCUT2D eigenvalue weighted by atomic mass is 10.2. The van der Waals surface area contributed by atoms with Gasteiger partial charge in [0.15, 0.2) is 0 Å². The lowest BCUT2D eigenvalue weighted by Crippen LogP contribution is -2.28. The van der Waals surface area contributed by atoms with Gasteiger partial charge in [0.25, 0.3) is 5.91 Å². The number of benzene rings is 2. The minimum Gasteiger partial charge on any atom is -0.334 e. The van der Waals surface area contributed by atoms with Crippen LogP contribution in [0.4, 0.5) is 20.6 Å². The molecule has 5 nitrogen and oxygen atoms in total. The van der Waals surface area contributed by atoms with Crippen molar-refractivity contribution < 1.29 is 14.0 Å². The molecule has 3 N–H and O–H groups in total. The van der Waals surface area contributed by atoms with E-state index in [0.29, 0.717) is 17.9 Å². The molecule has 0 fully saturated rings. The predicted molar refractivity (Wildman–Crippen MR) is 88.0 cm³/mol. The number of hydrogen-bond acceptors (Lipinski definition) is 2. The molecule has 23 heavy (non-hydrogen) atoms. The maximum atomic E-state index is 13.1. The first-order chi connectivity index (χ1) is 11.1. The average molecular weight is 313 g/mol. The molecular formula is C17H16FN3O2. The van der Waals surface area contributed by atoms with Crippen molar-refractivity contribution in [3.05, 3.63) is 72.6 Å². The van der Waals surface area contributed by atoms with E-state index in [1.165, 1.54) is 18.2 Å². The van der Waals surface area contributed by atoms with Crippen LogP contribution in [0.3, 0.4) is 0 Å². The minimum absolute atomic E-state index is 0.232. The van der Waals surface area contributed by atoms with Gasteiger partial charge in [-0.1, -0.05) is 12.1 Å². The van der Waals surface area contributed by atoms with Crippen molar-refractivity contribution in [2.45, 2.75) is 0 Å². The maximum Gasteiger partial charge on any atom is 0.319 e. The zero-order valence-corrected chi connectivity index (χ0v) is 12.3. The maximum absolute atomic E-state index is 13.1. The highest BCUT2D eigenvalue weighted by molar-refractivity contribution is 6.04. The fourth-order valence-corrected chi connectivity index (χ4v) is 1.81. The summed E-state index contributed by atoms with van der Waals surface area (Å²) in [5, 5.41) is 7.87. The van der Waals surface area contributed by atoms with Crippen molar-refractivity contribution >= 4 is 23.3 Å². The summed E-state index contributed by atoms with van der Waals surface area (Å²) in [6.45, 7) is 3.87. The minimum atomic E-state index is -0.470. The molecule has 0 aliphatic carbocycles. The van der Waals surface area contributed by atoms with Gasteiger partial charge in [-0.25, -0.2) is 9.18 Å². The Morgan fingerprint density at radius 1 is 1.04 bits per heavy atom. The van der Waals surface area contributed by atoms with Crippen molar-refractivity contribution in [3.63, 3.8) is 0 Å². The highest BCUT2D eigenvalue weighted by Gasteiger charge is 2.07. The number of rotatable bonds is 5. The van der Waals surface area contributed by atoms with Crippen LogP contribution < -0.4 is 16.0 Å². The van der Waals surface area contributed by atoms with Gasteiger partial charge in [-0.05, 0) is 42.5 Å². The van der Waals surface area contributed by atoms with E-state index in [9.17, 15) is 14.0 Å². The van der Waals surface area contributed by atoms with Crippen LogP contribution in [-0.2, 0) is 0 Å². The molecule has 0 aromatic heterocycles. The van der Waals surface area contributed by atoms with Crippen LogP contribution in [0, 0.1) is 5.82 Å². The molecule has 2 aromatic rings. The number of carbonyl (C=O) groups is 2. The molecule has 0 aliphatic heterocycles. The number of anilines is 2. The van der Waals surface area contributed by atoms with Gasteiger partial charge in [0.1, 0.15) is 5.82 Å². The molecule has 0 radical (unpaired) electrons. The Morgan fingerprint density at radius 3 is 2.30 bits per heavy atom. The fourth-order valence-electron chi connectivity index (χ4n) is 1.81. The standard InChI is InChI=1S/C17H16FN3O2/c1-2-10-19-17(23)21-15-8-6-14(7-9-15)20-16(22)12-4-3-5-13(18)11-12/h2-9,11H,1,10H2,(H,20,22)(H2,19,21,23). The van der Waals surface area contributed by atoms with E-state index >= 15 is 0 Å². The van der Waals surface area contributed by atoms with Crippen LogP contribution in [0.2, 0.25) is 0 Å². The Morgan fingerprint density at radius 2 is 1.70 bits per heavy atom. The van der Waals surface area contributed by atoms with Crippen molar-refractivity contribution in [1.82, 2.24) is 5.32 Å². The number of hydrogen-bond donors (Lipinski definition) is 3. The van der Waals surface area contributed by atoms with Crippen LogP contribution in [0.25, 0.3) is 0 Å². The summed E-state index contributed by atoms with van der Waals surface area (Å²) in [6, 6.07) is 11.7. The number of amides is 3. The normalized spacial score (nSPS) is 9.78. The Kier molecular flexibility index (Phi) is 5.46. The van der Waals surface area contributed by atoms with Crippen molar-refractivity contribution in [1.29, 1.82) is 0 Å². The molecule has 118 valence electrons. The van der Waals surface area contributed by atoms with Gasteiger partial charge in [-0.3, -0.25) is 4.79 Å². The molecule has 0 heterocycles. The summed E-state index contributed by atoms with van der Waals surface area (Å²) < 4.78 is 13.1. The molecule has 2 rings (SSSR count). The molecule has 0 aliphatic rings. The molecule has 3 amide bonds. The first-order valence-electron chi connectivity index (χ1n) is 6.91. The molecule has 2 aromatic carbocycles. The SMILES string of the molecule is C=CCNC(=O)Nc1ccc(NC(=O)c2cccc(F)c2)cc1. The predicted octanol–water partition coefficient (Wildman–Crippen LogP) is 3.39. The van der Waals surface area contributed by atoms with Crippen molar-refractivity contribution in [2.75, 3.05) is 17.2 Å². The summed E-state index contributed by atoms with van der Waals surface area (Å²) in [6.07, 6.45) is 1.57. The van der Waals surface area contributed by atoms with E-state index in [4.69, 9.17) is 0 Å². The molecule has 0 bridgehead atoms. The number of urea groups is 1.